The average Bonchev–Trinajstić information content (AvgIpc) is 2.99. The third-order valence-corrected chi connectivity index (χ3v) is 4.32. The molecule has 0 fully saturated rings. The maximum absolute atomic E-state index is 5.98. The molecule has 0 aliphatic carbocycles. The number of halogens is 1. The van der Waals surface area contributed by atoms with Crippen molar-refractivity contribution in [2.45, 2.75) is 5.92 Å². The van der Waals surface area contributed by atoms with Gasteiger partial charge in [-0.3, -0.25) is 0 Å². The van der Waals surface area contributed by atoms with E-state index in [2.05, 4.69) is 0 Å². The summed E-state index contributed by atoms with van der Waals surface area (Å²) in [6, 6.07) is 9.87. The van der Waals surface area contributed by atoms with Gasteiger partial charge in [0, 0.05) is 17.3 Å². The third-order valence-electron chi connectivity index (χ3n) is 2.97. The molecule has 94 valence electrons. The van der Waals surface area contributed by atoms with E-state index in [-0.39, 0.29) is 12.7 Å². The summed E-state index contributed by atoms with van der Waals surface area (Å²) < 4.78 is 11.5. The first-order valence-corrected chi connectivity index (χ1v) is 6.82. The summed E-state index contributed by atoms with van der Waals surface area (Å²) in [6.07, 6.45) is 0. The minimum absolute atomic E-state index is 0.150. The molecule has 5 heteroatoms. The molecule has 3 nitrogen and oxygen atoms in total. The minimum Gasteiger partial charge on any atom is -0.454 e. The van der Waals surface area contributed by atoms with E-state index in [1.165, 1.54) is 4.88 Å². The maximum Gasteiger partial charge on any atom is 0.231 e. The molecule has 2 N–H and O–H groups in total. The van der Waals surface area contributed by atoms with Crippen LogP contribution in [-0.4, -0.2) is 13.3 Å². The zero-order valence-electron chi connectivity index (χ0n) is 9.56. The predicted octanol–water partition coefficient (Wildman–Crippen LogP) is 3.22. The van der Waals surface area contributed by atoms with E-state index < -0.39 is 0 Å². The van der Waals surface area contributed by atoms with E-state index in [9.17, 15) is 0 Å². The molecule has 3 rings (SSSR count). The van der Waals surface area contributed by atoms with Gasteiger partial charge < -0.3 is 15.2 Å². The highest BCUT2D eigenvalue weighted by Crippen LogP contribution is 2.38. The lowest BCUT2D eigenvalue weighted by atomic mass is 9.97. The van der Waals surface area contributed by atoms with E-state index in [0.717, 1.165) is 21.4 Å². The number of benzene rings is 1. The van der Waals surface area contributed by atoms with Crippen LogP contribution in [0.4, 0.5) is 0 Å². The second-order valence-corrected chi connectivity index (χ2v) is 5.79. The summed E-state index contributed by atoms with van der Waals surface area (Å²) in [5.74, 6) is 1.73. The second-order valence-electron chi connectivity index (χ2n) is 4.04. The van der Waals surface area contributed by atoms with Gasteiger partial charge in [-0.25, -0.2) is 0 Å². The summed E-state index contributed by atoms with van der Waals surface area (Å²) in [7, 11) is 0. The van der Waals surface area contributed by atoms with Crippen LogP contribution in [0.15, 0.2) is 30.3 Å². The van der Waals surface area contributed by atoms with Crippen LogP contribution in [0.5, 0.6) is 11.5 Å². The Kier molecular flexibility index (Phi) is 3.16. The Labute approximate surface area is 114 Å². The molecule has 2 aromatic rings. The summed E-state index contributed by atoms with van der Waals surface area (Å²) in [5, 5.41) is 0. The largest absolute Gasteiger partial charge is 0.454 e. The van der Waals surface area contributed by atoms with Gasteiger partial charge in [-0.05, 0) is 29.8 Å². The van der Waals surface area contributed by atoms with E-state index in [4.69, 9.17) is 26.8 Å². The Morgan fingerprint density at radius 2 is 2.06 bits per heavy atom. The number of hydrogen-bond acceptors (Lipinski definition) is 4. The maximum atomic E-state index is 5.98. The van der Waals surface area contributed by atoms with Gasteiger partial charge in [0.05, 0.1) is 4.34 Å². The van der Waals surface area contributed by atoms with Crippen molar-refractivity contribution in [1.82, 2.24) is 0 Å². The first kappa shape index (κ1) is 11.8. The quantitative estimate of drug-likeness (QED) is 0.939. The fraction of sp³-hybridized carbons (Fsp3) is 0.231. The van der Waals surface area contributed by atoms with Crippen molar-refractivity contribution in [3.63, 3.8) is 0 Å². The van der Waals surface area contributed by atoms with Crippen LogP contribution >= 0.6 is 22.9 Å². The highest BCUT2D eigenvalue weighted by atomic mass is 35.5. The second kappa shape index (κ2) is 4.80. The van der Waals surface area contributed by atoms with Gasteiger partial charge in [-0.1, -0.05) is 17.7 Å². The van der Waals surface area contributed by atoms with E-state index in [1.807, 2.05) is 30.3 Å². The number of hydrogen-bond donors (Lipinski definition) is 1. The summed E-state index contributed by atoms with van der Waals surface area (Å²) in [6.45, 7) is 0.827. The number of ether oxygens (including phenoxy) is 2. The lowest BCUT2D eigenvalue weighted by molar-refractivity contribution is 0.174. The van der Waals surface area contributed by atoms with Crippen molar-refractivity contribution in [3.05, 3.63) is 45.1 Å². The number of nitrogens with two attached hydrogens (primary N) is 1. The van der Waals surface area contributed by atoms with Gasteiger partial charge in [-0.15, -0.1) is 11.3 Å². The molecular weight excluding hydrogens is 270 g/mol. The summed E-state index contributed by atoms with van der Waals surface area (Å²) in [4.78, 5) is 1.17. The van der Waals surface area contributed by atoms with Gasteiger partial charge in [0.25, 0.3) is 0 Å². The molecular formula is C13H12ClNO2S. The van der Waals surface area contributed by atoms with Gasteiger partial charge in [0.1, 0.15) is 0 Å². The normalized spacial score (nSPS) is 14.8. The van der Waals surface area contributed by atoms with Crippen LogP contribution in [0.2, 0.25) is 4.34 Å². The molecule has 1 aliphatic heterocycles. The third kappa shape index (κ3) is 2.07. The lowest BCUT2D eigenvalue weighted by Gasteiger charge is -2.13. The van der Waals surface area contributed by atoms with Crippen LogP contribution in [0.3, 0.4) is 0 Å². The molecule has 0 amide bonds. The predicted molar refractivity (Wildman–Crippen MR) is 72.8 cm³/mol. The van der Waals surface area contributed by atoms with E-state index in [0.29, 0.717) is 6.54 Å². The van der Waals surface area contributed by atoms with Crippen LogP contribution in [0.25, 0.3) is 0 Å². The average molecular weight is 282 g/mol. The summed E-state index contributed by atoms with van der Waals surface area (Å²) in [5.41, 5.74) is 7.01. The highest BCUT2D eigenvalue weighted by Gasteiger charge is 2.19. The number of thiophene rings is 1. The van der Waals surface area contributed by atoms with Gasteiger partial charge >= 0.3 is 0 Å². The van der Waals surface area contributed by atoms with Crippen LogP contribution in [0.1, 0.15) is 16.4 Å². The Bertz CT molecular complexity index is 570. The Balaban J connectivity index is 1.96. The minimum atomic E-state index is 0.150. The van der Waals surface area contributed by atoms with Crippen molar-refractivity contribution < 1.29 is 9.47 Å². The molecule has 0 bridgehead atoms. The Hall–Kier alpha value is -1.23. The lowest BCUT2D eigenvalue weighted by Crippen LogP contribution is -2.12. The fourth-order valence-corrected chi connectivity index (χ4v) is 3.26. The number of rotatable bonds is 3. The zero-order valence-corrected chi connectivity index (χ0v) is 11.1. The SMILES string of the molecule is NCC(c1ccc2c(c1)OCO2)c1ccc(Cl)s1. The first-order chi connectivity index (χ1) is 8.78. The molecule has 1 atom stereocenters. The zero-order chi connectivity index (χ0) is 12.5. The molecule has 0 saturated heterocycles. The van der Waals surface area contributed by atoms with Crippen LogP contribution < -0.4 is 15.2 Å². The molecule has 1 aliphatic rings. The first-order valence-electron chi connectivity index (χ1n) is 5.63. The van der Waals surface area contributed by atoms with Crippen LogP contribution in [-0.2, 0) is 0 Å². The molecule has 0 radical (unpaired) electrons. The molecule has 0 saturated carbocycles. The van der Waals surface area contributed by atoms with Gasteiger partial charge in [-0.2, -0.15) is 0 Å². The topological polar surface area (TPSA) is 44.5 Å². The van der Waals surface area contributed by atoms with Gasteiger partial charge in [0.15, 0.2) is 11.5 Å². The van der Waals surface area contributed by atoms with E-state index >= 15 is 0 Å². The smallest absolute Gasteiger partial charge is 0.231 e. The van der Waals surface area contributed by atoms with Crippen molar-refractivity contribution in [1.29, 1.82) is 0 Å². The highest BCUT2D eigenvalue weighted by molar-refractivity contribution is 7.16. The molecule has 0 spiro atoms. The molecule has 2 heterocycles. The monoisotopic (exact) mass is 281 g/mol. The fourth-order valence-electron chi connectivity index (χ4n) is 2.06. The Morgan fingerprint density at radius 3 is 2.78 bits per heavy atom. The summed E-state index contributed by atoms with van der Waals surface area (Å²) >= 11 is 7.54. The van der Waals surface area contributed by atoms with Crippen LogP contribution in [0, 0.1) is 0 Å². The van der Waals surface area contributed by atoms with Crippen molar-refractivity contribution in [2.75, 3.05) is 13.3 Å². The number of fused-ring (bicyclic) bond motifs is 1. The van der Waals surface area contributed by atoms with E-state index in [1.54, 1.807) is 11.3 Å². The van der Waals surface area contributed by atoms with Crippen molar-refractivity contribution in [2.24, 2.45) is 5.73 Å². The molecule has 1 aromatic heterocycles. The Morgan fingerprint density at radius 1 is 1.22 bits per heavy atom. The molecule has 1 unspecified atom stereocenters. The van der Waals surface area contributed by atoms with Crippen molar-refractivity contribution in [3.8, 4) is 11.5 Å². The van der Waals surface area contributed by atoms with Gasteiger partial charge in [0.2, 0.25) is 6.79 Å². The molecule has 18 heavy (non-hydrogen) atoms. The van der Waals surface area contributed by atoms with Crippen molar-refractivity contribution >= 4 is 22.9 Å². The standard InChI is InChI=1S/C13H12ClNO2S/c14-13-4-3-12(18-13)9(6-15)8-1-2-10-11(5-8)17-7-16-10/h1-5,9H,6-7,15H2. The molecule has 1 aromatic carbocycles.